The number of Topliss-reactive ketones (excluding diaryl/α,β-unsaturated/α-hetero) is 2. The molecule has 2 aliphatic carbocycles. The van der Waals surface area contributed by atoms with Crippen LogP contribution >= 0.6 is 0 Å². The highest BCUT2D eigenvalue weighted by Crippen LogP contribution is 2.52. The lowest BCUT2D eigenvalue weighted by molar-refractivity contribution is -0.385. The maximum Gasteiger partial charge on any atom is 0.269 e. The Morgan fingerprint density at radius 2 is 1.45 bits per heavy atom. The van der Waals surface area contributed by atoms with E-state index in [1.165, 1.54) is 6.07 Å². The van der Waals surface area contributed by atoms with E-state index in [4.69, 9.17) is 0 Å². The van der Waals surface area contributed by atoms with Crippen LogP contribution in [0.5, 0.6) is 0 Å². The first-order valence-corrected chi connectivity index (χ1v) is 10.5. The number of hydrogen-bond donors (Lipinski definition) is 1. The van der Waals surface area contributed by atoms with E-state index in [2.05, 4.69) is 33.0 Å². The van der Waals surface area contributed by atoms with Gasteiger partial charge in [0.25, 0.3) is 5.69 Å². The molecule has 0 spiro atoms. The number of nitrogens with zero attached hydrogens (tertiary/aromatic N) is 1. The molecule has 6 nitrogen and oxygen atoms in total. The predicted octanol–water partition coefficient (Wildman–Crippen LogP) is 4.03. The summed E-state index contributed by atoms with van der Waals surface area (Å²) in [5.41, 5.74) is 0.604. The van der Waals surface area contributed by atoms with Crippen molar-refractivity contribution in [1.82, 2.24) is 5.32 Å². The molecule has 4 atom stereocenters. The number of benzene rings is 1. The second kappa shape index (κ2) is 6.73. The molecule has 1 aromatic rings. The number of hydrogen-bond acceptors (Lipinski definition) is 5. The van der Waals surface area contributed by atoms with E-state index in [0.29, 0.717) is 12.8 Å². The Kier molecular flexibility index (Phi) is 4.69. The third-order valence-corrected chi connectivity index (χ3v) is 7.13. The molecule has 1 N–H and O–H groups in total. The lowest BCUT2D eigenvalue weighted by atomic mass is 9.54. The van der Waals surface area contributed by atoms with Crippen molar-refractivity contribution >= 4 is 17.3 Å². The van der Waals surface area contributed by atoms with Crippen LogP contribution < -0.4 is 5.32 Å². The van der Waals surface area contributed by atoms with E-state index in [0.717, 1.165) is 18.4 Å². The molecule has 156 valence electrons. The fourth-order valence-corrected chi connectivity index (χ4v) is 6.20. The molecular formula is C23H30N2O4. The zero-order chi connectivity index (χ0) is 21.1. The van der Waals surface area contributed by atoms with Crippen molar-refractivity contribution in [3.05, 3.63) is 39.9 Å². The number of non-ortho nitro benzene ring substituents is 1. The SMILES string of the molecule is CC1(C)CC(=O)C2C(C1)NC1CC(C)(C)CC(=O)C1C2c1cccc([N+](=O)[O-])c1. The van der Waals surface area contributed by atoms with E-state index in [-0.39, 0.29) is 57.9 Å². The Labute approximate surface area is 171 Å². The number of carbonyl (C=O) groups is 2. The van der Waals surface area contributed by atoms with E-state index < -0.39 is 4.92 Å². The number of nitrogens with one attached hydrogen (secondary N) is 1. The van der Waals surface area contributed by atoms with E-state index in [1.807, 2.05) is 6.07 Å². The Balaban J connectivity index is 1.82. The van der Waals surface area contributed by atoms with Crippen LogP contribution in [-0.2, 0) is 9.59 Å². The molecule has 0 amide bonds. The van der Waals surface area contributed by atoms with Crippen molar-refractivity contribution in [2.45, 2.75) is 71.4 Å². The highest BCUT2D eigenvalue weighted by molar-refractivity contribution is 5.89. The van der Waals surface area contributed by atoms with Gasteiger partial charge in [-0.25, -0.2) is 0 Å². The normalized spacial score (nSPS) is 35.5. The molecular weight excluding hydrogens is 368 g/mol. The molecule has 3 fully saturated rings. The number of carbonyl (C=O) groups excluding carboxylic acids is 2. The third kappa shape index (κ3) is 3.63. The van der Waals surface area contributed by atoms with Crippen molar-refractivity contribution in [2.75, 3.05) is 0 Å². The molecule has 4 unspecified atom stereocenters. The highest BCUT2D eigenvalue weighted by Gasteiger charge is 2.56. The summed E-state index contributed by atoms with van der Waals surface area (Å²) in [6.45, 7) is 8.47. The summed E-state index contributed by atoms with van der Waals surface area (Å²) < 4.78 is 0. The first-order chi connectivity index (χ1) is 13.5. The van der Waals surface area contributed by atoms with Crippen LogP contribution in [-0.4, -0.2) is 28.6 Å². The monoisotopic (exact) mass is 398 g/mol. The summed E-state index contributed by atoms with van der Waals surface area (Å²) in [7, 11) is 0. The smallest absolute Gasteiger partial charge is 0.269 e. The molecule has 1 aliphatic heterocycles. The Morgan fingerprint density at radius 1 is 0.931 bits per heavy atom. The summed E-state index contributed by atoms with van der Waals surface area (Å²) in [5, 5.41) is 15.1. The molecule has 0 bridgehead atoms. The number of ketones is 2. The summed E-state index contributed by atoms with van der Waals surface area (Å²) in [6, 6.07) is 6.57. The van der Waals surface area contributed by atoms with Crippen LogP contribution in [0, 0.1) is 32.8 Å². The largest absolute Gasteiger partial charge is 0.310 e. The summed E-state index contributed by atoms with van der Waals surface area (Å²) >= 11 is 0. The van der Waals surface area contributed by atoms with Crippen molar-refractivity contribution < 1.29 is 14.5 Å². The first kappa shape index (κ1) is 20.2. The van der Waals surface area contributed by atoms with Gasteiger partial charge in [0.2, 0.25) is 0 Å². The van der Waals surface area contributed by atoms with Gasteiger partial charge in [-0.1, -0.05) is 39.8 Å². The molecule has 1 heterocycles. The van der Waals surface area contributed by atoms with Crippen LogP contribution in [0.25, 0.3) is 0 Å². The second-order valence-corrected chi connectivity index (χ2v) is 10.8. The van der Waals surface area contributed by atoms with Gasteiger partial charge in [-0.15, -0.1) is 0 Å². The minimum Gasteiger partial charge on any atom is -0.310 e. The van der Waals surface area contributed by atoms with Gasteiger partial charge in [0.05, 0.1) is 4.92 Å². The molecule has 4 rings (SSSR count). The highest BCUT2D eigenvalue weighted by atomic mass is 16.6. The molecule has 0 aromatic heterocycles. The number of piperidine rings is 1. The van der Waals surface area contributed by atoms with Crippen LogP contribution in [0.2, 0.25) is 0 Å². The van der Waals surface area contributed by atoms with Crippen molar-refractivity contribution in [1.29, 1.82) is 0 Å². The predicted molar refractivity (Wildman–Crippen MR) is 110 cm³/mol. The van der Waals surface area contributed by atoms with Gasteiger partial charge in [-0.3, -0.25) is 19.7 Å². The number of nitro benzene ring substituents is 1. The molecule has 0 radical (unpaired) electrons. The number of rotatable bonds is 2. The molecule has 3 aliphatic rings. The molecule has 6 heteroatoms. The zero-order valence-electron chi connectivity index (χ0n) is 17.6. The van der Waals surface area contributed by atoms with Crippen LogP contribution in [0.1, 0.15) is 64.9 Å². The van der Waals surface area contributed by atoms with Crippen molar-refractivity contribution in [3.63, 3.8) is 0 Å². The summed E-state index contributed by atoms with van der Waals surface area (Å²) in [4.78, 5) is 37.5. The Bertz CT molecular complexity index is 833. The lowest BCUT2D eigenvalue weighted by Gasteiger charge is -2.55. The molecule has 2 saturated carbocycles. The lowest BCUT2D eigenvalue weighted by Crippen LogP contribution is -2.65. The average Bonchev–Trinajstić information content (AvgIpc) is 2.57. The maximum atomic E-state index is 13.3. The van der Waals surface area contributed by atoms with Gasteiger partial charge in [0, 0.05) is 54.8 Å². The van der Waals surface area contributed by atoms with Crippen LogP contribution in [0.15, 0.2) is 24.3 Å². The fourth-order valence-electron chi connectivity index (χ4n) is 6.20. The van der Waals surface area contributed by atoms with E-state index >= 15 is 0 Å². The van der Waals surface area contributed by atoms with Gasteiger partial charge < -0.3 is 5.32 Å². The fraction of sp³-hybridized carbons (Fsp3) is 0.652. The quantitative estimate of drug-likeness (QED) is 0.600. The summed E-state index contributed by atoms with van der Waals surface area (Å²) in [5.74, 6) is -0.566. The second-order valence-electron chi connectivity index (χ2n) is 10.8. The van der Waals surface area contributed by atoms with Gasteiger partial charge in [-0.2, -0.15) is 0 Å². The van der Waals surface area contributed by atoms with E-state index in [1.54, 1.807) is 12.1 Å². The topological polar surface area (TPSA) is 89.3 Å². The summed E-state index contributed by atoms with van der Waals surface area (Å²) in [6.07, 6.45) is 2.70. The minimum absolute atomic E-state index is 0.00142. The van der Waals surface area contributed by atoms with E-state index in [9.17, 15) is 19.7 Å². The Morgan fingerprint density at radius 3 is 1.93 bits per heavy atom. The zero-order valence-corrected chi connectivity index (χ0v) is 17.6. The number of nitro groups is 1. The number of fused-ring (bicyclic) bond motifs is 2. The van der Waals surface area contributed by atoms with Crippen molar-refractivity contribution in [2.24, 2.45) is 22.7 Å². The third-order valence-electron chi connectivity index (χ3n) is 7.13. The van der Waals surface area contributed by atoms with Crippen LogP contribution in [0.3, 0.4) is 0 Å². The van der Waals surface area contributed by atoms with Gasteiger partial charge in [0.1, 0.15) is 11.6 Å². The minimum atomic E-state index is -0.406. The molecule has 1 saturated heterocycles. The van der Waals surface area contributed by atoms with Gasteiger partial charge in [-0.05, 0) is 29.2 Å². The first-order valence-electron chi connectivity index (χ1n) is 10.5. The van der Waals surface area contributed by atoms with Gasteiger partial charge >= 0.3 is 0 Å². The Hall–Kier alpha value is -2.08. The maximum absolute atomic E-state index is 13.3. The van der Waals surface area contributed by atoms with Crippen LogP contribution in [0.4, 0.5) is 5.69 Å². The van der Waals surface area contributed by atoms with Gasteiger partial charge in [0.15, 0.2) is 0 Å². The average molecular weight is 399 g/mol. The van der Waals surface area contributed by atoms with Crippen molar-refractivity contribution in [3.8, 4) is 0 Å². The standard InChI is InChI=1S/C23H30N2O4/c1-22(2)9-15-20(17(26)11-22)19(13-6-5-7-14(8-13)25(28)29)21-16(24-15)10-23(3,4)12-18(21)27/h5-8,15-16,19-21,24H,9-12H2,1-4H3. The molecule has 29 heavy (non-hydrogen) atoms. The molecule has 1 aromatic carbocycles.